The molecule has 98 valence electrons. The maximum Gasteiger partial charge on any atom is 0.335 e. The fourth-order valence-electron chi connectivity index (χ4n) is 1.67. The van der Waals surface area contributed by atoms with Crippen LogP contribution in [-0.4, -0.2) is 11.1 Å². The predicted molar refractivity (Wildman–Crippen MR) is 77.3 cm³/mol. The summed E-state index contributed by atoms with van der Waals surface area (Å²) < 4.78 is 0. The van der Waals surface area contributed by atoms with Gasteiger partial charge in [-0.15, -0.1) is 0 Å². The van der Waals surface area contributed by atoms with Crippen molar-refractivity contribution in [1.29, 1.82) is 0 Å². The fraction of sp³-hybridized carbons (Fsp3) is 0.0714. The van der Waals surface area contributed by atoms with Gasteiger partial charge in [0.2, 0.25) is 0 Å². The third-order valence-corrected chi connectivity index (χ3v) is 3.00. The van der Waals surface area contributed by atoms with Crippen molar-refractivity contribution in [3.8, 4) is 0 Å². The lowest BCUT2D eigenvalue weighted by Gasteiger charge is -2.12. The number of aryl methyl sites for hydroxylation is 1. The van der Waals surface area contributed by atoms with E-state index < -0.39 is 5.97 Å². The van der Waals surface area contributed by atoms with Gasteiger partial charge < -0.3 is 16.2 Å². The van der Waals surface area contributed by atoms with Gasteiger partial charge in [-0.25, -0.2) is 4.79 Å². The molecule has 0 spiro atoms. The number of hydrogen-bond acceptors (Lipinski definition) is 3. The third kappa shape index (κ3) is 2.98. The first-order chi connectivity index (χ1) is 8.97. The Labute approximate surface area is 115 Å². The molecule has 4 nitrogen and oxygen atoms in total. The molecule has 0 atom stereocenters. The van der Waals surface area contributed by atoms with E-state index >= 15 is 0 Å². The van der Waals surface area contributed by atoms with Crippen molar-refractivity contribution in [2.24, 2.45) is 0 Å². The van der Waals surface area contributed by atoms with Crippen LogP contribution in [0.15, 0.2) is 36.4 Å². The van der Waals surface area contributed by atoms with Crippen molar-refractivity contribution in [2.45, 2.75) is 6.92 Å². The molecule has 19 heavy (non-hydrogen) atoms. The zero-order valence-electron chi connectivity index (χ0n) is 10.3. The molecule has 4 N–H and O–H groups in total. The van der Waals surface area contributed by atoms with Gasteiger partial charge in [-0.2, -0.15) is 0 Å². The highest BCUT2D eigenvalue weighted by molar-refractivity contribution is 6.30. The molecule has 0 saturated carbocycles. The SMILES string of the molecule is Cc1ccc(Cl)cc1Nc1cc(C(=O)O)ccc1N. The van der Waals surface area contributed by atoms with E-state index in [-0.39, 0.29) is 5.56 Å². The van der Waals surface area contributed by atoms with Gasteiger partial charge in [-0.1, -0.05) is 17.7 Å². The standard InChI is InChI=1S/C14H13ClN2O2/c1-8-2-4-10(15)7-12(8)17-13-6-9(14(18)19)3-5-11(13)16/h2-7,17H,16H2,1H3,(H,18,19). The number of aromatic carboxylic acids is 1. The minimum Gasteiger partial charge on any atom is -0.478 e. The molecule has 2 aromatic rings. The Bertz CT molecular complexity index is 641. The van der Waals surface area contributed by atoms with E-state index in [1.807, 2.05) is 13.0 Å². The summed E-state index contributed by atoms with van der Waals surface area (Å²) in [5.41, 5.74) is 8.82. The molecule has 5 heteroatoms. The lowest BCUT2D eigenvalue weighted by atomic mass is 10.1. The normalized spacial score (nSPS) is 10.2. The van der Waals surface area contributed by atoms with Gasteiger partial charge in [-0.05, 0) is 42.8 Å². The molecule has 0 aromatic heterocycles. The number of nitrogens with one attached hydrogen (secondary N) is 1. The van der Waals surface area contributed by atoms with Crippen LogP contribution in [0.3, 0.4) is 0 Å². The minimum absolute atomic E-state index is 0.177. The predicted octanol–water partition coefficient (Wildman–Crippen LogP) is 3.67. The van der Waals surface area contributed by atoms with E-state index in [1.54, 1.807) is 18.2 Å². The van der Waals surface area contributed by atoms with Crippen LogP contribution in [0.1, 0.15) is 15.9 Å². The van der Waals surface area contributed by atoms with Crippen LogP contribution in [0.25, 0.3) is 0 Å². The summed E-state index contributed by atoms with van der Waals surface area (Å²) in [6.45, 7) is 1.93. The molecular weight excluding hydrogens is 264 g/mol. The van der Waals surface area contributed by atoms with Gasteiger partial charge in [0.25, 0.3) is 0 Å². The number of hydrogen-bond donors (Lipinski definition) is 3. The largest absolute Gasteiger partial charge is 0.478 e. The number of halogens is 1. The third-order valence-electron chi connectivity index (χ3n) is 2.77. The van der Waals surface area contributed by atoms with Crippen molar-refractivity contribution in [3.05, 3.63) is 52.5 Å². The Morgan fingerprint density at radius 2 is 1.95 bits per heavy atom. The number of carbonyl (C=O) groups is 1. The summed E-state index contributed by atoms with van der Waals surface area (Å²) in [6, 6.07) is 9.96. The number of anilines is 3. The highest BCUT2D eigenvalue weighted by atomic mass is 35.5. The number of rotatable bonds is 3. The maximum atomic E-state index is 10.9. The summed E-state index contributed by atoms with van der Waals surface area (Å²) in [4.78, 5) is 10.9. The molecule has 0 aliphatic heterocycles. The Balaban J connectivity index is 2.40. The highest BCUT2D eigenvalue weighted by Gasteiger charge is 2.08. The molecule has 0 bridgehead atoms. The summed E-state index contributed by atoms with van der Waals surface area (Å²) in [5.74, 6) is -0.995. The molecule has 2 rings (SSSR count). The zero-order chi connectivity index (χ0) is 14.0. The van der Waals surface area contributed by atoms with Gasteiger partial charge in [-0.3, -0.25) is 0 Å². The summed E-state index contributed by atoms with van der Waals surface area (Å²) >= 11 is 5.94. The van der Waals surface area contributed by atoms with Gasteiger partial charge in [0, 0.05) is 10.7 Å². The van der Waals surface area contributed by atoms with Crippen molar-refractivity contribution in [1.82, 2.24) is 0 Å². The number of carboxylic acids is 1. The average Bonchev–Trinajstić information content (AvgIpc) is 2.36. The smallest absolute Gasteiger partial charge is 0.335 e. The van der Waals surface area contributed by atoms with Crippen LogP contribution in [-0.2, 0) is 0 Å². The van der Waals surface area contributed by atoms with Crippen LogP contribution in [0.4, 0.5) is 17.1 Å². The molecule has 0 amide bonds. The molecule has 0 unspecified atom stereocenters. The Morgan fingerprint density at radius 1 is 1.21 bits per heavy atom. The second-order valence-corrected chi connectivity index (χ2v) is 4.63. The van der Waals surface area contributed by atoms with Gasteiger partial charge >= 0.3 is 5.97 Å². The quantitative estimate of drug-likeness (QED) is 0.748. The average molecular weight is 277 g/mol. The molecule has 0 saturated heterocycles. The first kappa shape index (κ1) is 13.2. The van der Waals surface area contributed by atoms with E-state index in [2.05, 4.69) is 5.32 Å². The summed E-state index contributed by atoms with van der Waals surface area (Å²) in [7, 11) is 0. The second-order valence-electron chi connectivity index (χ2n) is 4.19. The molecule has 0 radical (unpaired) electrons. The second kappa shape index (κ2) is 5.20. The molecule has 0 fully saturated rings. The van der Waals surface area contributed by atoms with Crippen LogP contribution in [0.5, 0.6) is 0 Å². The van der Waals surface area contributed by atoms with Gasteiger partial charge in [0.15, 0.2) is 0 Å². The Hall–Kier alpha value is -2.20. The van der Waals surface area contributed by atoms with Crippen LogP contribution >= 0.6 is 11.6 Å². The van der Waals surface area contributed by atoms with Gasteiger partial charge in [0.1, 0.15) is 0 Å². The first-order valence-electron chi connectivity index (χ1n) is 5.63. The van der Waals surface area contributed by atoms with Crippen LogP contribution in [0.2, 0.25) is 5.02 Å². The molecule has 0 aliphatic carbocycles. The number of nitrogen functional groups attached to an aromatic ring is 1. The fourth-order valence-corrected chi connectivity index (χ4v) is 1.84. The number of carboxylic acid groups (broad SMARTS) is 1. The topological polar surface area (TPSA) is 75.3 Å². The van der Waals surface area contributed by atoms with Crippen LogP contribution < -0.4 is 11.1 Å². The van der Waals surface area contributed by atoms with Gasteiger partial charge in [0.05, 0.1) is 16.9 Å². The van der Waals surface area contributed by atoms with Crippen molar-refractivity contribution in [3.63, 3.8) is 0 Å². The Morgan fingerprint density at radius 3 is 2.63 bits per heavy atom. The molecule has 0 heterocycles. The molecule has 0 aliphatic rings. The first-order valence-corrected chi connectivity index (χ1v) is 6.01. The van der Waals surface area contributed by atoms with E-state index in [0.717, 1.165) is 11.3 Å². The van der Waals surface area contributed by atoms with E-state index in [4.69, 9.17) is 22.4 Å². The van der Waals surface area contributed by atoms with E-state index in [9.17, 15) is 4.79 Å². The lowest BCUT2D eigenvalue weighted by molar-refractivity contribution is 0.0697. The highest BCUT2D eigenvalue weighted by Crippen LogP contribution is 2.28. The van der Waals surface area contributed by atoms with E-state index in [0.29, 0.717) is 16.4 Å². The van der Waals surface area contributed by atoms with Crippen molar-refractivity contribution >= 4 is 34.6 Å². The summed E-state index contributed by atoms with van der Waals surface area (Å²) in [6.07, 6.45) is 0. The number of benzene rings is 2. The minimum atomic E-state index is -0.995. The van der Waals surface area contributed by atoms with E-state index in [1.165, 1.54) is 12.1 Å². The Kier molecular flexibility index (Phi) is 3.62. The molecule has 2 aromatic carbocycles. The number of nitrogens with two attached hydrogens (primary N) is 1. The zero-order valence-corrected chi connectivity index (χ0v) is 11.0. The summed E-state index contributed by atoms with van der Waals surface area (Å²) in [5, 5.41) is 12.7. The van der Waals surface area contributed by atoms with Crippen molar-refractivity contribution in [2.75, 3.05) is 11.1 Å². The molecular formula is C14H13ClN2O2. The maximum absolute atomic E-state index is 10.9. The van der Waals surface area contributed by atoms with Crippen LogP contribution in [0, 0.1) is 6.92 Å². The van der Waals surface area contributed by atoms with Crippen molar-refractivity contribution < 1.29 is 9.90 Å². The lowest BCUT2D eigenvalue weighted by Crippen LogP contribution is -2.02. The monoisotopic (exact) mass is 276 g/mol.